The minimum atomic E-state index is -0.499. The number of hydrogen-bond acceptors (Lipinski definition) is 5. The van der Waals surface area contributed by atoms with E-state index in [4.69, 9.17) is 44.0 Å². The van der Waals surface area contributed by atoms with Crippen LogP contribution in [0.1, 0.15) is 11.5 Å². The third-order valence-corrected chi connectivity index (χ3v) is 4.26. The summed E-state index contributed by atoms with van der Waals surface area (Å²) >= 11 is 17.9. The fourth-order valence-corrected chi connectivity index (χ4v) is 2.72. The lowest BCUT2D eigenvalue weighted by Crippen LogP contribution is -2.09. The fourth-order valence-electron chi connectivity index (χ4n) is 2.06. The van der Waals surface area contributed by atoms with Crippen LogP contribution in [0.5, 0.6) is 0 Å². The molecule has 0 spiro atoms. The zero-order chi connectivity index (χ0) is 17.8. The van der Waals surface area contributed by atoms with Crippen LogP contribution in [0.4, 0.5) is 0 Å². The summed E-state index contributed by atoms with van der Waals surface area (Å²) in [5.74, 6) is 0.00154. The van der Waals surface area contributed by atoms with Crippen molar-refractivity contribution in [1.82, 2.24) is 10.2 Å². The highest BCUT2D eigenvalue weighted by atomic mass is 35.5. The predicted octanol–water partition coefficient (Wildman–Crippen LogP) is 4.98. The van der Waals surface area contributed by atoms with Crippen molar-refractivity contribution < 1.29 is 13.9 Å². The summed E-state index contributed by atoms with van der Waals surface area (Å²) in [5, 5.41) is 9.19. The number of rotatable bonds is 5. The Morgan fingerprint density at radius 3 is 2.36 bits per heavy atom. The first kappa shape index (κ1) is 17.7. The van der Waals surface area contributed by atoms with E-state index in [0.29, 0.717) is 26.5 Å². The Morgan fingerprint density at radius 2 is 1.68 bits per heavy atom. The lowest BCUT2D eigenvalue weighted by atomic mass is 10.1. The molecule has 3 rings (SSSR count). The second-order valence-electron chi connectivity index (χ2n) is 5.05. The van der Waals surface area contributed by atoms with Gasteiger partial charge in [0, 0.05) is 26.2 Å². The molecule has 128 valence electrons. The molecule has 0 N–H and O–H groups in total. The molecule has 0 atom stereocenters. The zero-order valence-electron chi connectivity index (χ0n) is 12.7. The van der Waals surface area contributed by atoms with Gasteiger partial charge in [-0.3, -0.25) is 4.79 Å². The van der Waals surface area contributed by atoms with Gasteiger partial charge in [0.2, 0.25) is 5.89 Å². The molecule has 0 fully saturated rings. The predicted molar refractivity (Wildman–Crippen MR) is 94.7 cm³/mol. The maximum Gasteiger partial charge on any atom is 0.310 e. The highest BCUT2D eigenvalue weighted by molar-refractivity contribution is 6.36. The van der Waals surface area contributed by atoms with Gasteiger partial charge >= 0.3 is 5.97 Å². The molecule has 25 heavy (non-hydrogen) atoms. The van der Waals surface area contributed by atoms with Crippen molar-refractivity contribution in [1.29, 1.82) is 0 Å². The fraction of sp³-hybridized carbons (Fsp3) is 0.118. The molecule has 0 amide bonds. The second kappa shape index (κ2) is 7.87. The van der Waals surface area contributed by atoms with Gasteiger partial charge < -0.3 is 9.15 Å². The Morgan fingerprint density at radius 1 is 1.00 bits per heavy atom. The molecule has 1 aromatic heterocycles. The molecule has 5 nitrogen and oxygen atoms in total. The van der Waals surface area contributed by atoms with Crippen molar-refractivity contribution >= 4 is 40.8 Å². The van der Waals surface area contributed by atoms with Gasteiger partial charge in [-0.15, -0.1) is 10.2 Å². The third-order valence-electron chi connectivity index (χ3n) is 3.30. The van der Waals surface area contributed by atoms with Gasteiger partial charge in [0.15, 0.2) is 6.61 Å². The van der Waals surface area contributed by atoms with E-state index < -0.39 is 5.97 Å². The zero-order valence-corrected chi connectivity index (χ0v) is 15.0. The summed E-state index contributed by atoms with van der Waals surface area (Å²) < 4.78 is 10.6. The topological polar surface area (TPSA) is 65.2 Å². The highest BCUT2D eigenvalue weighted by Gasteiger charge is 2.14. The van der Waals surface area contributed by atoms with Crippen LogP contribution in [-0.2, 0) is 22.6 Å². The molecule has 0 aliphatic carbocycles. The van der Waals surface area contributed by atoms with E-state index >= 15 is 0 Å². The van der Waals surface area contributed by atoms with Gasteiger partial charge in [-0.25, -0.2) is 0 Å². The third kappa shape index (κ3) is 4.51. The van der Waals surface area contributed by atoms with Crippen LogP contribution < -0.4 is 0 Å². The molecule has 0 radical (unpaired) electrons. The van der Waals surface area contributed by atoms with E-state index in [1.165, 1.54) is 0 Å². The van der Waals surface area contributed by atoms with E-state index in [1.54, 1.807) is 42.5 Å². The minimum absolute atomic E-state index is 0.0450. The van der Waals surface area contributed by atoms with Crippen molar-refractivity contribution in [3.8, 4) is 11.5 Å². The van der Waals surface area contributed by atoms with E-state index in [-0.39, 0.29) is 18.9 Å². The Bertz CT molecular complexity index is 874. The number of carbonyl (C=O) groups excluding carboxylic acids is 1. The molecular formula is C17H11Cl3N2O3. The lowest BCUT2D eigenvalue weighted by molar-refractivity contribution is -0.144. The average molecular weight is 398 g/mol. The van der Waals surface area contributed by atoms with Crippen LogP contribution in [0, 0.1) is 0 Å². The second-order valence-corrected chi connectivity index (χ2v) is 6.30. The monoisotopic (exact) mass is 396 g/mol. The van der Waals surface area contributed by atoms with Crippen molar-refractivity contribution in [2.75, 3.05) is 0 Å². The van der Waals surface area contributed by atoms with E-state index in [9.17, 15) is 4.79 Å². The van der Waals surface area contributed by atoms with Crippen LogP contribution >= 0.6 is 34.8 Å². The number of aromatic nitrogens is 2. The summed E-state index contributed by atoms with van der Waals surface area (Å²) in [6, 6.07) is 12.0. The smallest absolute Gasteiger partial charge is 0.310 e. The van der Waals surface area contributed by atoms with Crippen molar-refractivity contribution in [2.24, 2.45) is 0 Å². The number of esters is 1. The highest BCUT2D eigenvalue weighted by Crippen LogP contribution is 2.25. The standard InChI is InChI=1S/C17H11Cl3N2O3/c18-11-6-4-10(5-7-11)17-22-21-15(25-17)9-24-16(23)8-12-13(19)2-1-3-14(12)20/h1-7H,8-9H2. The summed E-state index contributed by atoms with van der Waals surface area (Å²) in [5.41, 5.74) is 1.24. The molecule has 0 unspecified atom stereocenters. The Kier molecular flexibility index (Phi) is 5.58. The maximum atomic E-state index is 12.0. The molecule has 0 aliphatic heterocycles. The Labute approximate surface area is 158 Å². The number of ether oxygens (including phenoxy) is 1. The van der Waals surface area contributed by atoms with Crippen LogP contribution in [0.25, 0.3) is 11.5 Å². The van der Waals surface area contributed by atoms with Crippen LogP contribution in [0.2, 0.25) is 15.1 Å². The molecule has 1 heterocycles. The van der Waals surface area contributed by atoms with Crippen LogP contribution in [0.15, 0.2) is 46.9 Å². The van der Waals surface area contributed by atoms with Crippen LogP contribution in [0.3, 0.4) is 0 Å². The Balaban J connectivity index is 1.60. The molecular weight excluding hydrogens is 387 g/mol. The number of halogens is 3. The van der Waals surface area contributed by atoms with Gasteiger partial charge in [0.05, 0.1) is 6.42 Å². The van der Waals surface area contributed by atoms with E-state index in [2.05, 4.69) is 10.2 Å². The summed E-state index contributed by atoms with van der Waals surface area (Å²) in [7, 11) is 0. The number of hydrogen-bond donors (Lipinski definition) is 0. The molecule has 0 aliphatic rings. The largest absolute Gasteiger partial charge is 0.455 e. The molecule has 2 aromatic carbocycles. The maximum absolute atomic E-state index is 12.0. The van der Waals surface area contributed by atoms with Gasteiger partial charge in [0.25, 0.3) is 5.89 Å². The lowest BCUT2D eigenvalue weighted by Gasteiger charge is -2.06. The van der Waals surface area contributed by atoms with Gasteiger partial charge in [-0.1, -0.05) is 40.9 Å². The van der Waals surface area contributed by atoms with Crippen molar-refractivity contribution in [3.63, 3.8) is 0 Å². The summed E-state index contributed by atoms with van der Waals surface area (Å²) in [4.78, 5) is 12.0. The minimum Gasteiger partial charge on any atom is -0.455 e. The van der Waals surface area contributed by atoms with Gasteiger partial charge in [-0.2, -0.15) is 0 Å². The average Bonchev–Trinajstić information content (AvgIpc) is 3.06. The molecule has 0 bridgehead atoms. The Hall–Kier alpha value is -2.08. The molecule has 0 saturated carbocycles. The molecule has 0 saturated heterocycles. The number of benzene rings is 2. The number of nitrogens with zero attached hydrogens (tertiary/aromatic N) is 2. The quantitative estimate of drug-likeness (QED) is 0.568. The van der Waals surface area contributed by atoms with Crippen LogP contribution in [-0.4, -0.2) is 16.2 Å². The molecule has 3 aromatic rings. The molecule has 8 heteroatoms. The SMILES string of the molecule is O=C(Cc1c(Cl)cccc1Cl)OCc1nnc(-c2ccc(Cl)cc2)o1. The van der Waals surface area contributed by atoms with E-state index in [0.717, 1.165) is 5.56 Å². The van der Waals surface area contributed by atoms with E-state index in [1.807, 2.05) is 0 Å². The van der Waals surface area contributed by atoms with Gasteiger partial charge in [-0.05, 0) is 36.4 Å². The van der Waals surface area contributed by atoms with Gasteiger partial charge in [0.1, 0.15) is 0 Å². The number of carbonyl (C=O) groups is 1. The normalized spacial score (nSPS) is 10.7. The first-order valence-electron chi connectivity index (χ1n) is 7.20. The first-order valence-corrected chi connectivity index (χ1v) is 8.33. The first-order chi connectivity index (χ1) is 12.0. The summed E-state index contributed by atoms with van der Waals surface area (Å²) in [6.45, 7) is -0.137. The summed E-state index contributed by atoms with van der Waals surface area (Å²) in [6.07, 6.45) is -0.0450. The van der Waals surface area contributed by atoms with Crippen molar-refractivity contribution in [2.45, 2.75) is 13.0 Å². The van der Waals surface area contributed by atoms with Crippen molar-refractivity contribution in [3.05, 3.63) is 69.0 Å².